The van der Waals surface area contributed by atoms with Gasteiger partial charge in [0.1, 0.15) is 11.3 Å². The fourth-order valence-electron chi connectivity index (χ4n) is 2.97. The van der Waals surface area contributed by atoms with Crippen LogP contribution in [0.3, 0.4) is 0 Å². The number of ether oxygens (including phenoxy) is 1. The van der Waals surface area contributed by atoms with Gasteiger partial charge in [-0.25, -0.2) is 9.78 Å². The normalized spacial score (nSPS) is 14.3. The third-order valence-corrected chi connectivity index (χ3v) is 3.91. The predicted molar refractivity (Wildman–Crippen MR) is 81.6 cm³/mol. The van der Waals surface area contributed by atoms with Gasteiger partial charge in [-0.1, -0.05) is 12.1 Å². The Morgan fingerprint density at radius 1 is 1.33 bits per heavy atom. The number of aryl methyl sites for hydroxylation is 1. The van der Waals surface area contributed by atoms with Gasteiger partial charge in [0, 0.05) is 17.2 Å². The van der Waals surface area contributed by atoms with Crippen LogP contribution < -0.4 is 4.74 Å². The van der Waals surface area contributed by atoms with E-state index in [1.165, 1.54) is 11.6 Å². The smallest absolute Gasteiger partial charge is 0.328 e. The molecule has 0 unspecified atom stereocenters. The van der Waals surface area contributed by atoms with E-state index in [1.54, 1.807) is 13.2 Å². The molecule has 0 saturated carbocycles. The molecular formula is C17H17NO3. The lowest BCUT2D eigenvalue weighted by Crippen LogP contribution is -2.08. The molecule has 108 valence electrons. The van der Waals surface area contributed by atoms with Gasteiger partial charge in [-0.2, -0.15) is 0 Å². The Balaban J connectivity index is 2.32. The maximum absolute atomic E-state index is 10.9. The molecule has 1 aliphatic carbocycles. The summed E-state index contributed by atoms with van der Waals surface area (Å²) in [4.78, 5) is 15.6. The van der Waals surface area contributed by atoms with Crippen LogP contribution in [0.1, 0.15) is 29.7 Å². The Kier molecular flexibility index (Phi) is 3.60. The van der Waals surface area contributed by atoms with Crippen molar-refractivity contribution < 1.29 is 14.6 Å². The van der Waals surface area contributed by atoms with Crippen molar-refractivity contribution in [2.45, 2.75) is 25.7 Å². The van der Waals surface area contributed by atoms with Gasteiger partial charge in [-0.15, -0.1) is 0 Å². The van der Waals surface area contributed by atoms with Gasteiger partial charge in [-0.05, 0) is 49.0 Å². The van der Waals surface area contributed by atoms with Crippen molar-refractivity contribution >= 4 is 22.9 Å². The zero-order valence-electron chi connectivity index (χ0n) is 11.9. The monoisotopic (exact) mass is 283 g/mol. The number of pyridine rings is 1. The fraction of sp³-hybridized carbons (Fsp3) is 0.294. The van der Waals surface area contributed by atoms with Gasteiger partial charge in [0.05, 0.1) is 7.11 Å². The van der Waals surface area contributed by atoms with E-state index in [0.29, 0.717) is 0 Å². The molecule has 3 rings (SSSR count). The Morgan fingerprint density at radius 2 is 2.14 bits per heavy atom. The summed E-state index contributed by atoms with van der Waals surface area (Å²) in [7, 11) is 1.63. The number of methoxy groups -OCH3 is 1. The highest BCUT2D eigenvalue weighted by Gasteiger charge is 2.18. The van der Waals surface area contributed by atoms with Gasteiger partial charge < -0.3 is 9.84 Å². The van der Waals surface area contributed by atoms with Crippen LogP contribution in [0.5, 0.6) is 5.75 Å². The third kappa shape index (κ3) is 2.49. The lowest BCUT2D eigenvalue weighted by atomic mass is 9.89. The first-order valence-electron chi connectivity index (χ1n) is 7.10. The van der Waals surface area contributed by atoms with Crippen LogP contribution in [0.15, 0.2) is 24.3 Å². The highest BCUT2D eigenvalue weighted by molar-refractivity contribution is 5.96. The number of benzene rings is 1. The largest absolute Gasteiger partial charge is 0.494 e. The van der Waals surface area contributed by atoms with E-state index >= 15 is 0 Å². The number of carbonyl (C=O) groups is 1. The van der Waals surface area contributed by atoms with E-state index in [0.717, 1.165) is 53.6 Å². The molecule has 1 aromatic heterocycles. The molecule has 0 aliphatic heterocycles. The molecule has 0 radical (unpaired) electrons. The van der Waals surface area contributed by atoms with Crippen molar-refractivity contribution in [2.75, 3.05) is 7.11 Å². The molecule has 2 aromatic rings. The number of aromatic nitrogens is 1. The lowest BCUT2D eigenvalue weighted by molar-refractivity contribution is -0.131. The second-order valence-corrected chi connectivity index (χ2v) is 5.19. The Hall–Kier alpha value is -2.36. The van der Waals surface area contributed by atoms with Crippen molar-refractivity contribution in [2.24, 2.45) is 0 Å². The number of hydrogen-bond acceptors (Lipinski definition) is 3. The summed E-state index contributed by atoms with van der Waals surface area (Å²) in [5, 5.41) is 9.88. The van der Waals surface area contributed by atoms with E-state index in [2.05, 4.69) is 0 Å². The van der Waals surface area contributed by atoms with Crippen LogP contribution in [0.2, 0.25) is 0 Å². The first-order chi connectivity index (χ1) is 10.2. The average Bonchev–Trinajstić information content (AvgIpc) is 2.50. The predicted octanol–water partition coefficient (Wildman–Crippen LogP) is 3.22. The van der Waals surface area contributed by atoms with Crippen molar-refractivity contribution in [3.8, 4) is 5.75 Å². The summed E-state index contributed by atoms with van der Waals surface area (Å²) in [5.41, 5.74) is 4.03. The molecule has 0 spiro atoms. The zero-order valence-corrected chi connectivity index (χ0v) is 11.9. The standard InChI is InChI=1S/C17H17NO3/c1-21-15-8-4-6-13-11(9-10-16(19)20)12-5-2-3-7-14(12)18-17(13)15/h4,6,8-10H,2-3,5,7H2,1H3,(H,19,20)/b10-9+. The van der Waals surface area contributed by atoms with Gasteiger partial charge in [0.25, 0.3) is 0 Å². The molecule has 0 amide bonds. The number of carboxylic acid groups (broad SMARTS) is 1. The molecule has 4 heteroatoms. The SMILES string of the molecule is COc1cccc2c(/C=C/C(=O)O)c3c(nc12)CCCC3. The molecule has 1 N–H and O–H groups in total. The number of nitrogens with zero attached hydrogens (tertiary/aromatic N) is 1. The van der Waals surface area contributed by atoms with E-state index < -0.39 is 5.97 Å². The van der Waals surface area contributed by atoms with E-state index in [-0.39, 0.29) is 0 Å². The maximum Gasteiger partial charge on any atom is 0.328 e. The Bertz CT molecular complexity index is 734. The Morgan fingerprint density at radius 3 is 2.90 bits per heavy atom. The molecule has 4 nitrogen and oxygen atoms in total. The minimum absolute atomic E-state index is 0.728. The third-order valence-electron chi connectivity index (χ3n) is 3.91. The lowest BCUT2D eigenvalue weighted by Gasteiger charge is -2.20. The van der Waals surface area contributed by atoms with Crippen molar-refractivity contribution in [3.63, 3.8) is 0 Å². The van der Waals surface area contributed by atoms with Crippen LogP contribution >= 0.6 is 0 Å². The molecule has 0 atom stereocenters. The molecule has 1 aliphatic rings. The molecule has 1 heterocycles. The highest BCUT2D eigenvalue weighted by atomic mass is 16.5. The van der Waals surface area contributed by atoms with Gasteiger partial charge in [0.2, 0.25) is 0 Å². The average molecular weight is 283 g/mol. The number of rotatable bonds is 3. The van der Waals surface area contributed by atoms with Crippen molar-refractivity contribution in [1.29, 1.82) is 0 Å². The second-order valence-electron chi connectivity index (χ2n) is 5.19. The zero-order chi connectivity index (χ0) is 14.8. The molecule has 0 saturated heterocycles. The van der Waals surface area contributed by atoms with Gasteiger partial charge >= 0.3 is 5.97 Å². The minimum Gasteiger partial charge on any atom is -0.494 e. The fourth-order valence-corrected chi connectivity index (χ4v) is 2.97. The van der Waals surface area contributed by atoms with Crippen LogP contribution in [-0.4, -0.2) is 23.2 Å². The molecule has 1 aromatic carbocycles. The quantitative estimate of drug-likeness (QED) is 0.879. The number of hydrogen-bond donors (Lipinski definition) is 1. The number of aliphatic carboxylic acids is 1. The maximum atomic E-state index is 10.9. The summed E-state index contributed by atoms with van der Waals surface area (Å²) < 4.78 is 5.40. The number of carboxylic acids is 1. The van der Waals surface area contributed by atoms with Crippen LogP contribution in [-0.2, 0) is 17.6 Å². The summed E-state index contributed by atoms with van der Waals surface area (Å²) in [6.07, 6.45) is 7.03. The second kappa shape index (κ2) is 5.56. The first-order valence-corrected chi connectivity index (χ1v) is 7.10. The van der Waals surface area contributed by atoms with Crippen molar-refractivity contribution in [3.05, 3.63) is 41.1 Å². The first kappa shape index (κ1) is 13.6. The van der Waals surface area contributed by atoms with Crippen LogP contribution in [0.25, 0.3) is 17.0 Å². The topological polar surface area (TPSA) is 59.4 Å². The Labute approximate surface area is 123 Å². The van der Waals surface area contributed by atoms with Gasteiger partial charge in [0.15, 0.2) is 0 Å². The van der Waals surface area contributed by atoms with Crippen LogP contribution in [0.4, 0.5) is 0 Å². The minimum atomic E-state index is -0.938. The molecule has 0 bridgehead atoms. The molecule has 21 heavy (non-hydrogen) atoms. The highest BCUT2D eigenvalue weighted by Crippen LogP contribution is 2.33. The van der Waals surface area contributed by atoms with E-state index in [4.69, 9.17) is 14.8 Å². The van der Waals surface area contributed by atoms with E-state index in [1.807, 2.05) is 18.2 Å². The van der Waals surface area contributed by atoms with Crippen molar-refractivity contribution in [1.82, 2.24) is 4.98 Å². The van der Waals surface area contributed by atoms with Gasteiger partial charge in [-0.3, -0.25) is 0 Å². The van der Waals surface area contributed by atoms with Crippen LogP contribution in [0, 0.1) is 0 Å². The number of para-hydroxylation sites is 1. The summed E-state index contributed by atoms with van der Waals surface area (Å²) in [5.74, 6) is -0.210. The molecular weight excluding hydrogens is 266 g/mol. The summed E-state index contributed by atoms with van der Waals surface area (Å²) in [6.45, 7) is 0. The summed E-state index contributed by atoms with van der Waals surface area (Å²) in [6, 6.07) is 5.77. The number of fused-ring (bicyclic) bond motifs is 2. The summed E-state index contributed by atoms with van der Waals surface area (Å²) >= 11 is 0. The van der Waals surface area contributed by atoms with E-state index in [9.17, 15) is 4.79 Å². The molecule has 0 fully saturated rings.